The van der Waals surface area contributed by atoms with E-state index in [1.54, 1.807) is 0 Å². The molecule has 0 aromatic carbocycles. The number of rotatable bonds is 2. The van der Waals surface area contributed by atoms with E-state index in [0.29, 0.717) is 0 Å². The molecule has 14 heavy (non-hydrogen) atoms. The molecule has 4 heteroatoms. The van der Waals surface area contributed by atoms with Crippen molar-refractivity contribution in [1.82, 2.24) is 0 Å². The average molecular weight is 201 g/mol. The molecule has 0 saturated carbocycles. The number of carbonyl (C=O) groups excluding carboxylic acids is 1. The summed E-state index contributed by atoms with van der Waals surface area (Å²) in [5, 5.41) is 8.89. The normalized spacial score (nSPS) is 19.0. The number of carboxylic acid groups (broad SMARTS) is 1. The van der Waals surface area contributed by atoms with Crippen molar-refractivity contribution in [3.05, 3.63) is 12.7 Å². The Bertz CT molecular complexity index is 182. The Balaban J connectivity index is 0.000000364. The van der Waals surface area contributed by atoms with Crippen molar-refractivity contribution < 1.29 is 19.1 Å². The highest BCUT2D eigenvalue weighted by molar-refractivity contribution is 5.60. The maximum atomic E-state index is 8.89. The van der Waals surface area contributed by atoms with Crippen molar-refractivity contribution in [2.75, 3.05) is 39.9 Å². The van der Waals surface area contributed by atoms with Crippen LogP contribution in [-0.2, 0) is 9.53 Å². The topological polar surface area (TPSA) is 49.4 Å². The van der Waals surface area contributed by atoms with Gasteiger partial charge in [0.15, 0.2) is 0 Å². The Morgan fingerprint density at radius 1 is 1.57 bits per heavy atom. The predicted molar refractivity (Wildman–Crippen MR) is 52.5 cm³/mol. The molecule has 82 valence electrons. The van der Waals surface area contributed by atoms with Crippen LogP contribution < -0.4 is 5.11 Å². The largest absolute Gasteiger partial charge is 0.550 e. The van der Waals surface area contributed by atoms with E-state index in [9.17, 15) is 0 Å². The Labute approximate surface area is 85.4 Å². The first-order valence-corrected chi connectivity index (χ1v) is 4.70. The summed E-state index contributed by atoms with van der Waals surface area (Å²) in [6.45, 7) is 9.86. The lowest BCUT2D eigenvalue weighted by Gasteiger charge is -2.36. The molecule has 0 N–H and O–H groups in total. The van der Waals surface area contributed by atoms with Crippen LogP contribution in [0.5, 0.6) is 0 Å². The van der Waals surface area contributed by atoms with Gasteiger partial charge >= 0.3 is 0 Å². The van der Waals surface area contributed by atoms with Gasteiger partial charge in [0.05, 0.1) is 26.8 Å². The zero-order valence-electron chi connectivity index (χ0n) is 8.99. The number of hydrogen-bond acceptors (Lipinski definition) is 3. The third-order valence-corrected chi connectivity index (χ3v) is 2.12. The zero-order valence-corrected chi connectivity index (χ0v) is 8.99. The Morgan fingerprint density at radius 2 is 2.00 bits per heavy atom. The highest BCUT2D eigenvalue weighted by Crippen LogP contribution is 2.06. The van der Waals surface area contributed by atoms with E-state index < -0.39 is 5.97 Å². The van der Waals surface area contributed by atoms with Crippen molar-refractivity contribution in [3.63, 3.8) is 0 Å². The summed E-state index contributed by atoms with van der Waals surface area (Å²) in [6, 6.07) is 0. The molecule has 4 nitrogen and oxygen atoms in total. The Kier molecular flexibility index (Phi) is 6.16. The second kappa shape index (κ2) is 6.56. The number of carboxylic acids is 1. The molecule has 1 aliphatic heterocycles. The van der Waals surface area contributed by atoms with Crippen LogP contribution in [0.3, 0.4) is 0 Å². The number of quaternary nitrogens is 1. The molecule has 0 atom stereocenters. The van der Waals surface area contributed by atoms with Gasteiger partial charge in [0.25, 0.3) is 0 Å². The summed E-state index contributed by atoms with van der Waals surface area (Å²) in [4.78, 5) is 8.89. The van der Waals surface area contributed by atoms with Gasteiger partial charge in [-0.15, -0.1) is 0 Å². The molecule has 0 aliphatic carbocycles. The standard InChI is InChI=1S/C8H16NO.C2H4O2/c1-3-4-9(2)5-7-10-8-6-9;1-2(3)4/h3H,1,4-8H2,2H3;1H3,(H,3,4)/q+1;/p-1. The van der Waals surface area contributed by atoms with Crippen LogP contribution in [0.4, 0.5) is 0 Å². The van der Waals surface area contributed by atoms with E-state index >= 15 is 0 Å². The molecule has 0 aromatic heterocycles. The quantitative estimate of drug-likeness (QED) is 0.443. The number of carbonyl (C=O) groups is 1. The first-order valence-electron chi connectivity index (χ1n) is 4.70. The summed E-state index contributed by atoms with van der Waals surface area (Å²) in [6.07, 6.45) is 1.99. The molecule has 0 spiro atoms. The molecule has 1 aliphatic rings. The number of aliphatic carboxylic acids is 1. The summed E-state index contributed by atoms with van der Waals surface area (Å²) in [7, 11) is 2.25. The van der Waals surface area contributed by atoms with Crippen LogP contribution in [0.2, 0.25) is 0 Å². The number of nitrogens with zero attached hydrogens (tertiary/aromatic N) is 1. The van der Waals surface area contributed by atoms with Crippen LogP contribution in [0.1, 0.15) is 6.92 Å². The van der Waals surface area contributed by atoms with Crippen molar-refractivity contribution in [2.24, 2.45) is 0 Å². The van der Waals surface area contributed by atoms with Gasteiger partial charge in [0.1, 0.15) is 13.1 Å². The maximum absolute atomic E-state index is 8.89. The van der Waals surface area contributed by atoms with Gasteiger partial charge in [0.2, 0.25) is 0 Å². The zero-order chi connectivity index (χ0) is 11.0. The average Bonchev–Trinajstić information content (AvgIpc) is 2.04. The molecule has 1 saturated heterocycles. The van der Waals surface area contributed by atoms with Crippen molar-refractivity contribution in [2.45, 2.75) is 6.92 Å². The van der Waals surface area contributed by atoms with E-state index in [1.165, 1.54) is 0 Å². The van der Waals surface area contributed by atoms with Crippen LogP contribution in [0, 0.1) is 0 Å². The van der Waals surface area contributed by atoms with Crippen molar-refractivity contribution >= 4 is 5.97 Å². The molecule has 0 aromatic rings. The summed E-state index contributed by atoms with van der Waals surface area (Å²) in [5.41, 5.74) is 0. The lowest BCUT2D eigenvalue weighted by molar-refractivity contribution is -0.911. The minimum Gasteiger partial charge on any atom is -0.550 e. The van der Waals surface area contributed by atoms with Gasteiger partial charge in [0, 0.05) is 5.97 Å². The minimum atomic E-state index is -1.08. The molecule has 0 amide bonds. The third kappa shape index (κ3) is 6.62. The van der Waals surface area contributed by atoms with Crippen LogP contribution in [-0.4, -0.2) is 50.3 Å². The van der Waals surface area contributed by atoms with E-state index in [1.807, 2.05) is 6.08 Å². The molecular weight excluding hydrogens is 182 g/mol. The van der Waals surface area contributed by atoms with E-state index in [4.69, 9.17) is 14.6 Å². The molecule has 1 rings (SSSR count). The Hall–Kier alpha value is -0.870. The van der Waals surface area contributed by atoms with Gasteiger partial charge in [-0.3, -0.25) is 0 Å². The van der Waals surface area contributed by atoms with E-state index in [0.717, 1.165) is 44.3 Å². The second-order valence-corrected chi connectivity index (χ2v) is 3.64. The van der Waals surface area contributed by atoms with Crippen LogP contribution >= 0.6 is 0 Å². The van der Waals surface area contributed by atoms with Crippen molar-refractivity contribution in [3.8, 4) is 0 Å². The smallest absolute Gasteiger partial charge is 0.102 e. The SMILES string of the molecule is C=CC[N+]1(C)CCOCC1.CC(=O)[O-]. The fraction of sp³-hybridized carbons (Fsp3) is 0.700. The minimum absolute atomic E-state index is 0.907. The van der Waals surface area contributed by atoms with Gasteiger partial charge in [-0.25, -0.2) is 0 Å². The van der Waals surface area contributed by atoms with Crippen LogP contribution in [0.25, 0.3) is 0 Å². The molecule has 1 heterocycles. The van der Waals surface area contributed by atoms with Crippen LogP contribution in [0.15, 0.2) is 12.7 Å². The highest BCUT2D eigenvalue weighted by atomic mass is 16.5. The van der Waals surface area contributed by atoms with Gasteiger partial charge < -0.3 is 19.1 Å². The highest BCUT2D eigenvalue weighted by Gasteiger charge is 2.22. The molecule has 1 fully saturated rings. The Morgan fingerprint density at radius 3 is 2.36 bits per heavy atom. The number of hydrogen-bond donors (Lipinski definition) is 0. The number of ether oxygens (including phenoxy) is 1. The summed E-state index contributed by atoms with van der Waals surface area (Å²) >= 11 is 0. The second-order valence-electron chi connectivity index (χ2n) is 3.64. The molecular formula is C10H19NO3. The first-order chi connectivity index (χ1) is 6.50. The van der Waals surface area contributed by atoms with Gasteiger partial charge in [-0.2, -0.15) is 0 Å². The van der Waals surface area contributed by atoms with Gasteiger partial charge in [-0.05, 0) is 13.0 Å². The van der Waals surface area contributed by atoms with E-state index in [2.05, 4.69) is 13.6 Å². The lowest BCUT2D eigenvalue weighted by atomic mass is 10.3. The van der Waals surface area contributed by atoms with Gasteiger partial charge in [-0.1, -0.05) is 6.58 Å². The molecule has 0 bridgehead atoms. The maximum Gasteiger partial charge on any atom is 0.102 e. The fourth-order valence-corrected chi connectivity index (χ4v) is 1.28. The first kappa shape index (κ1) is 13.1. The predicted octanol–water partition coefficient (Wildman–Crippen LogP) is -0.595. The summed E-state index contributed by atoms with van der Waals surface area (Å²) in [5.74, 6) is -1.08. The van der Waals surface area contributed by atoms with E-state index in [-0.39, 0.29) is 0 Å². The fourth-order valence-electron chi connectivity index (χ4n) is 1.28. The monoisotopic (exact) mass is 201 g/mol. The number of morpholine rings is 1. The molecule has 0 radical (unpaired) electrons. The summed E-state index contributed by atoms with van der Waals surface area (Å²) < 4.78 is 6.36. The van der Waals surface area contributed by atoms with Crippen molar-refractivity contribution in [1.29, 1.82) is 0 Å². The number of likely N-dealkylation sites (N-methyl/N-ethyl adjacent to an activating group) is 1. The lowest BCUT2D eigenvalue weighted by Crippen LogP contribution is -2.51. The molecule has 0 unspecified atom stereocenters. The third-order valence-electron chi connectivity index (χ3n) is 2.12.